The molecule has 1 aromatic rings. The van der Waals surface area contributed by atoms with Crippen molar-refractivity contribution in [2.45, 2.75) is 13.3 Å². The van der Waals surface area contributed by atoms with Gasteiger partial charge in [-0.2, -0.15) is 4.98 Å². The maximum absolute atomic E-state index is 11.6. The van der Waals surface area contributed by atoms with Gasteiger partial charge in [-0.1, -0.05) is 18.5 Å². The number of esters is 1. The third-order valence-electron chi connectivity index (χ3n) is 1.85. The number of carbonyl (C=O) groups excluding carboxylic acids is 1. The molecule has 0 saturated carbocycles. The Hall–Kier alpha value is -1.49. The molecular weight excluding hydrogens is 232 g/mol. The molecule has 0 spiro atoms. The summed E-state index contributed by atoms with van der Waals surface area (Å²) in [5, 5.41) is 12.0. The van der Waals surface area contributed by atoms with Crippen molar-refractivity contribution in [1.82, 2.24) is 4.98 Å². The third kappa shape index (κ3) is 2.76. The number of hydrogen-bond donors (Lipinski definition) is 2. The number of rotatable bonds is 4. The highest BCUT2D eigenvalue weighted by molar-refractivity contribution is 6.32. The number of carbonyl (C=O) groups is 1. The van der Waals surface area contributed by atoms with E-state index in [0.717, 1.165) is 6.42 Å². The molecule has 0 bridgehead atoms. The molecule has 1 heterocycles. The highest BCUT2D eigenvalue weighted by Gasteiger charge is 2.16. The fraction of sp³-hybridized carbons (Fsp3) is 0.400. The molecule has 0 radical (unpaired) electrons. The lowest BCUT2D eigenvalue weighted by molar-refractivity contribution is 0.0506. The second kappa shape index (κ2) is 5.55. The molecule has 0 saturated heterocycles. The molecule has 0 aromatic carbocycles. The van der Waals surface area contributed by atoms with Crippen LogP contribution in [0.1, 0.15) is 23.7 Å². The van der Waals surface area contributed by atoms with E-state index in [9.17, 15) is 9.90 Å². The zero-order chi connectivity index (χ0) is 12.1. The number of nitrogens with zero attached hydrogens (tertiary/aromatic N) is 1. The highest BCUT2D eigenvalue weighted by Crippen LogP contribution is 2.26. The number of aromatic nitrogens is 1. The van der Waals surface area contributed by atoms with E-state index in [1.54, 1.807) is 7.05 Å². The van der Waals surface area contributed by atoms with Crippen molar-refractivity contribution in [3.63, 3.8) is 0 Å². The molecule has 0 amide bonds. The Morgan fingerprint density at radius 2 is 2.38 bits per heavy atom. The highest BCUT2D eigenvalue weighted by atomic mass is 35.5. The van der Waals surface area contributed by atoms with Gasteiger partial charge in [0.05, 0.1) is 6.61 Å². The van der Waals surface area contributed by atoms with Crippen molar-refractivity contribution in [3.05, 3.63) is 16.7 Å². The predicted molar refractivity (Wildman–Crippen MR) is 61.0 cm³/mol. The normalized spacial score (nSPS) is 9.94. The van der Waals surface area contributed by atoms with Crippen LogP contribution in [0.2, 0.25) is 5.02 Å². The average Bonchev–Trinajstić information content (AvgIpc) is 2.28. The quantitative estimate of drug-likeness (QED) is 0.794. The molecule has 1 rings (SSSR count). The van der Waals surface area contributed by atoms with Gasteiger partial charge in [0.25, 0.3) is 0 Å². The van der Waals surface area contributed by atoms with Gasteiger partial charge in [0.1, 0.15) is 16.4 Å². The minimum absolute atomic E-state index is 0.0162. The number of pyridine rings is 1. The molecule has 16 heavy (non-hydrogen) atoms. The van der Waals surface area contributed by atoms with E-state index >= 15 is 0 Å². The lowest BCUT2D eigenvalue weighted by Crippen LogP contribution is -2.10. The molecule has 0 atom stereocenters. The van der Waals surface area contributed by atoms with E-state index in [4.69, 9.17) is 16.3 Å². The third-order valence-corrected chi connectivity index (χ3v) is 2.13. The van der Waals surface area contributed by atoms with Crippen molar-refractivity contribution < 1.29 is 14.6 Å². The molecule has 0 fully saturated rings. The second-order valence-corrected chi connectivity index (χ2v) is 3.48. The molecule has 0 aliphatic rings. The van der Waals surface area contributed by atoms with Crippen LogP contribution in [0.3, 0.4) is 0 Å². The topological polar surface area (TPSA) is 71.5 Å². The van der Waals surface area contributed by atoms with Crippen molar-refractivity contribution in [3.8, 4) is 5.88 Å². The first-order chi connectivity index (χ1) is 7.60. The maximum Gasteiger partial charge on any atom is 0.341 e. The molecule has 0 aliphatic carbocycles. The van der Waals surface area contributed by atoms with Gasteiger partial charge in [-0.25, -0.2) is 4.79 Å². The van der Waals surface area contributed by atoms with Crippen molar-refractivity contribution in [2.24, 2.45) is 0 Å². The summed E-state index contributed by atoms with van der Waals surface area (Å²) in [4.78, 5) is 15.3. The van der Waals surface area contributed by atoms with Gasteiger partial charge in [0.2, 0.25) is 5.88 Å². The zero-order valence-electron chi connectivity index (χ0n) is 9.08. The number of anilines is 1. The number of ether oxygens (including phenoxy) is 1. The molecule has 5 nitrogen and oxygen atoms in total. The standard InChI is InChI=1S/C10H13ClN2O3/c1-3-4-16-10(15)6-5-7(11)9(14)13-8(6)12-2/h5H,3-4H2,1-2H3,(H2,12,13,14). The van der Waals surface area contributed by atoms with Gasteiger partial charge in [-0.15, -0.1) is 0 Å². The maximum atomic E-state index is 11.6. The average molecular weight is 245 g/mol. The van der Waals surface area contributed by atoms with E-state index in [1.165, 1.54) is 6.07 Å². The minimum atomic E-state index is -0.513. The second-order valence-electron chi connectivity index (χ2n) is 3.08. The molecule has 88 valence electrons. The summed E-state index contributed by atoms with van der Waals surface area (Å²) in [5.74, 6) is -0.596. The lowest BCUT2D eigenvalue weighted by Gasteiger charge is -2.09. The fourth-order valence-corrected chi connectivity index (χ4v) is 1.25. The van der Waals surface area contributed by atoms with Gasteiger partial charge >= 0.3 is 5.97 Å². The van der Waals surface area contributed by atoms with E-state index in [1.807, 2.05) is 6.92 Å². The SMILES string of the molecule is CCCOC(=O)c1cc(Cl)c(O)nc1NC. The lowest BCUT2D eigenvalue weighted by atomic mass is 10.2. The first kappa shape index (κ1) is 12.6. The summed E-state index contributed by atoms with van der Waals surface area (Å²) in [7, 11) is 1.59. The summed E-state index contributed by atoms with van der Waals surface area (Å²) >= 11 is 5.67. The van der Waals surface area contributed by atoms with E-state index in [2.05, 4.69) is 10.3 Å². The van der Waals surface area contributed by atoms with Crippen LogP contribution in [0.25, 0.3) is 0 Å². The van der Waals surface area contributed by atoms with Crippen LogP contribution in [0.5, 0.6) is 5.88 Å². The number of nitrogens with one attached hydrogen (secondary N) is 1. The Balaban J connectivity index is 3.02. The Morgan fingerprint density at radius 1 is 1.69 bits per heavy atom. The van der Waals surface area contributed by atoms with Crippen LogP contribution in [-0.2, 0) is 4.74 Å². The molecule has 1 aromatic heterocycles. The fourth-order valence-electron chi connectivity index (χ4n) is 1.10. The Kier molecular flexibility index (Phi) is 4.37. The molecule has 6 heteroatoms. The molecular formula is C10H13ClN2O3. The van der Waals surface area contributed by atoms with E-state index in [0.29, 0.717) is 6.61 Å². The zero-order valence-corrected chi connectivity index (χ0v) is 9.84. The van der Waals surface area contributed by atoms with Crippen LogP contribution in [0.4, 0.5) is 5.82 Å². The van der Waals surface area contributed by atoms with Crippen molar-refractivity contribution >= 4 is 23.4 Å². The first-order valence-corrected chi connectivity index (χ1v) is 5.22. The number of halogens is 1. The predicted octanol–water partition coefficient (Wildman–Crippen LogP) is 2.05. The number of aromatic hydroxyl groups is 1. The Bertz CT molecular complexity index is 396. The molecule has 0 unspecified atom stereocenters. The molecule has 0 aliphatic heterocycles. The van der Waals surface area contributed by atoms with Crippen LogP contribution in [-0.4, -0.2) is 29.7 Å². The van der Waals surface area contributed by atoms with Gasteiger partial charge < -0.3 is 15.2 Å². The van der Waals surface area contributed by atoms with Gasteiger partial charge in [0.15, 0.2) is 0 Å². The van der Waals surface area contributed by atoms with Gasteiger partial charge in [-0.05, 0) is 12.5 Å². The van der Waals surface area contributed by atoms with E-state index in [-0.39, 0.29) is 22.3 Å². The van der Waals surface area contributed by atoms with Crippen molar-refractivity contribution in [2.75, 3.05) is 19.0 Å². The Labute approximate surface area is 98.4 Å². The summed E-state index contributed by atoms with van der Waals surface area (Å²) in [6.45, 7) is 2.23. The van der Waals surface area contributed by atoms with Gasteiger partial charge in [-0.3, -0.25) is 0 Å². The monoisotopic (exact) mass is 244 g/mol. The molecule has 2 N–H and O–H groups in total. The van der Waals surface area contributed by atoms with E-state index < -0.39 is 5.97 Å². The smallest absolute Gasteiger partial charge is 0.341 e. The summed E-state index contributed by atoms with van der Waals surface area (Å²) in [6, 6.07) is 1.33. The summed E-state index contributed by atoms with van der Waals surface area (Å²) in [6.07, 6.45) is 0.736. The van der Waals surface area contributed by atoms with Crippen LogP contribution < -0.4 is 5.32 Å². The summed E-state index contributed by atoms with van der Waals surface area (Å²) in [5.41, 5.74) is 0.207. The first-order valence-electron chi connectivity index (χ1n) is 4.84. The largest absolute Gasteiger partial charge is 0.492 e. The number of hydrogen-bond acceptors (Lipinski definition) is 5. The summed E-state index contributed by atoms with van der Waals surface area (Å²) < 4.78 is 4.96. The van der Waals surface area contributed by atoms with Crippen LogP contribution >= 0.6 is 11.6 Å². The van der Waals surface area contributed by atoms with Crippen molar-refractivity contribution in [1.29, 1.82) is 0 Å². The van der Waals surface area contributed by atoms with Gasteiger partial charge in [0, 0.05) is 7.05 Å². The van der Waals surface area contributed by atoms with Crippen LogP contribution in [0, 0.1) is 0 Å². The van der Waals surface area contributed by atoms with Crippen LogP contribution in [0.15, 0.2) is 6.07 Å². The Morgan fingerprint density at radius 3 is 2.94 bits per heavy atom. The minimum Gasteiger partial charge on any atom is -0.492 e.